The number of hydrogen-bond acceptors (Lipinski definition) is 3. The molecule has 0 bridgehead atoms. The average Bonchev–Trinajstić information content (AvgIpc) is 2.12. The lowest BCUT2D eigenvalue weighted by molar-refractivity contribution is -0.143. The van der Waals surface area contributed by atoms with Crippen molar-refractivity contribution in [3.63, 3.8) is 0 Å². The Hall–Kier alpha value is -0.570. The lowest BCUT2D eigenvalue weighted by Crippen LogP contribution is -2.32. The number of nitrogens with one attached hydrogen (secondary N) is 1. The van der Waals surface area contributed by atoms with Gasteiger partial charge in [-0.2, -0.15) is 0 Å². The SMILES string of the molecule is CCOC(=O)CCNC(C)CC1CCC1. The Morgan fingerprint density at radius 1 is 1.53 bits per heavy atom. The van der Waals surface area contributed by atoms with Crippen molar-refractivity contribution in [1.29, 1.82) is 0 Å². The highest BCUT2D eigenvalue weighted by atomic mass is 16.5. The third-order valence-electron chi connectivity index (χ3n) is 3.04. The van der Waals surface area contributed by atoms with Gasteiger partial charge in [0, 0.05) is 12.6 Å². The second-order valence-electron chi connectivity index (χ2n) is 4.44. The third kappa shape index (κ3) is 5.17. The Morgan fingerprint density at radius 2 is 2.27 bits per heavy atom. The number of esters is 1. The maximum Gasteiger partial charge on any atom is 0.307 e. The molecule has 1 rings (SSSR count). The van der Waals surface area contributed by atoms with Crippen LogP contribution in [0.2, 0.25) is 0 Å². The highest BCUT2D eigenvalue weighted by molar-refractivity contribution is 5.69. The molecule has 0 radical (unpaired) electrons. The minimum atomic E-state index is -0.0964. The molecule has 1 aliphatic carbocycles. The Morgan fingerprint density at radius 3 is 2.80 bits per heavy atom. The van der Waals surface area contributed by atoms with Crippen LogP contribution in [0.4, 0.5) is 0 Å². The topological polar surface area (TPSA) is 38.3 Å². The van der Waals surface area contributed by atoms with Crippen molar-refractivity contribution in [2.45, 2.75) is 52.0 Å². The van der Waals surface area contributed by atoms with Gasteiger partial charge in [0.2, 0.25) is 0 Å². The van der Waals surface area contributed by atoms with E-state index in [1.54, 1.807) is 0 Å². The number of ether oxygens (including phenoxy) is 1. The van der Waals surface area contributed by atoms with E-state index in [4.69, 9.17) is 4.74 Å². The highest BCUT2D eigenvalue weighted by Gasteiger charge is 2.19. The van der Waals surface area contributed by atoms with Crippen molar-refractivity contribution in [3.05, 3.63) is 0 Å². The molecule has 3 nitrogen and oxygen atoms in total. The van der Waals surface area contributed by atoms with Crippen LogP contribution in [0.3, 0.4) is 0 Å². The molecule has 1 atom stereocenters. The number of hydrogen-bond donors (Lipinski definition) is 1. The molecule has 1 aliphatic rings. The summed E-state index contributed by atoms with van der Waals surface area (Å²) in [6.45, 7) is 5.26. The molecule has 1 unspecified atom stereocenters. The van der Waals surface area contributed by atoms with Crippen LogP contribution in [-0.2, 0) is 9.53 Å². The largest absolute Gasteiger partial charge is 0.466 e. The van der Waals surface area contributed by atoms with E-state index < -0.39 is 0 Å². The summed E-state index contributed by atoms with van der Waals surface area (Å²) in [5.41, 5.74) is 0. The predicted molar refractivity (Wildman–Crippen MR) is 60.7 cm³/mol. The van der Waals surface area contributed by atoms with Gasteiger partial charge in [-0.05, 0) is 26.2 Å². The van der Waals surface area contributed by atoms with E-state index >= 15 is 0 Å². The van der Waals surface area contributed by atoms with Crippen molar-refractivity contribution in [1.82, 2.24) is 5.32 Å². The quantitative estimate of drug-likeness (QED) is 0.658. The van der Waals surface area contributed by atoms with Gasteiger partial charge in [-0.25, -0.2) is 0 Å². The monoisotopic (exact) mass is 213 g/mol. The predicted octanol–water partition coefficient (Wildman–Crippen LogP) is 2.11. The molecule has 88 valence electrons. The first-order valence-electron chi connectivity index (χ1n) is 6.11. The second-order valence-corrected chi connectivity index (χ2v) is 4.44. The Bertz CT molecular complexity index is 190. The van der Waals surface area contributed by atoms with E-state index in [0.29, 0.717) is 19.1 Å². The molecule has 0 spiro atoms. The maximum atomic E-state index is 11.1. The minimum absolute atomic E-state index is 0.0964. The van der Waals surface area contributed by atoms with Gasteiger partial charge in [-0.3, -0.25) is 4.79 Å². The second kappa shape index (κ2) is 6.83. The average molecular weight is 213 g/mol. The van der Waals surface area contributed by atoms with Crippen molar-refractivity contribution >= 4 is 5.97 Å². The van der Waals surface area contributed by atoms with Crippen LogP contribution < -0.4 is 5.32 Å². The summed E-state index contributed by atoms with van der Waals surface area (Å²) in [4.78, 5) is 11.1. The van der Waals surface area contributed by atoms with Crippen molar-refractivity contribution in [3.8, 4) is 0 Å². The molecule has 3 heteroatoms. The molecule has 0 saturated heterocycles. The minimum Gasteiger partial charge on any atom is -0.466 e. The molecule has 0 amide bonds. The molecular weight excluding hydrogens is 190 g/mol. The summed E-state index contributed by atoms with van der Waals surface area (Å²) in [7, 11) is 0. The van der Waals surface area contributed by atoms with Crippen LogP contribution in [0.15, 0.2) is 0 Å². The van der Waals surface area contributed by atoms with Crippen molar-refractivity contribution in [2.24, 2.45) is 5.92 Å². The molecule has 0 aliphatic heterocycles. The van der Waals surface area contributed by atoms with Crippen molar-refractivity contribution < 1.29 is 9.53 Å². The lowest BCUT2D eigenvalue weighted by Gasteiger charge is -2.28. The zero-order valence-corrected chi connectivity index (χ0v) is 9.92. The van der Waals surface area contributed by atoms with Gasteiger partial charge in [0.1, 0.15) is 0 Å². The molecule has 15 heavy (non-hydrogen) atoms. The van der Waals surface area contributed by atoms with Gasteiger partial charge in [-0.15, -0.1) is 0 Å². The highest BCUT2D eigenvalue weighted by Crippen LogP contribution is 2.30. The van der Waals surface area contributed by atoms with E-state index in [0.717, 1.165) is 12.5 Å². The van der Waals surface area contributed by atoms with E-state index in [1.165, 1.54) is 25.7 Å². The molecule has 0 heterocycles. The van der Waals surface area contributed by atoms with Gasteiger partial charge < -0.3 is 10.1 Å². The number of rotatable bonds is 7. The normalized spacial score (nSPS) is 18.3. The van der Waals surface area contributed by atoms with Crippen molar-refractivity contribution in [2.75, 3.05) is 13.2 Å². The third-order valence-corrected chi connectivity index (χ3v) is 3.04. The number of carbonyl (C=O) groups is 1. The fraction of sp³-hybridized carbons (Fsp3) is 0.917. The van der Waals surface area contributed by atoms with E-state index in [2.05, 4.69) is 12.2 Å². The molecule has 0 aromatic heterocycles. The van der Waals surface area contributed by atoms with Gasteiger partial charge in [0.25, 0.3) is 0 Å². The Balaban J connectivity index is 1.95. The summed E-state index contributed by atoms with van der Waals surface area (Å²) in [5, 5.41) is 3.37. The fourth-order valence-corrected chi connectivity index (χ4v) is 1.97. The summed E-state index contributed by atoms with van der Waals surface area (Å²) < 4.78 is 4.86. The first-order chi connectivity index (χ1) is 7.22. The summed E-state index contributed by atoms with van der Waals surface area (Å²) >= 11 is 0. The van der Waals surface area contributed by atoms with Crippen LogP contribution in [0.25, 0.3) is 0 Å². The Labute approximate surface area is 92.6 Å². The van der Waals surface area contributed by atoms with E-state index in [-0.39, 0.29) is 5.97 Å². The van der Waals surface area contributed by atoms with Crippen LogP contribution in [-0.4, -0.2) is 25.2 Å². The van der Waals surface area contributed by atoms with Gasteiger partial charge in [0.05, 0.1) is 13.0 Å². The molecular formula is C12H23NO2. The summed E-state index contributed by atoms with van der Waals surface area (Å²) in [5.74, 6) is 0.830. The maximum absolute atomic E-state index is 11.1. The smallest absolute Gasteiger partial charge is 0.307 e. The fourth-order valence-electron chi connectivity index (χ4n) is 1.97. The molecule has 0 aromatic rings. The summed E-state index contributed by atoms with van der Waals surface area (Å²) in [6, 6.07) is 0.532. The first-order valence-corrected chi connectivity index (χ1v) is 6.11. The molecule has 1 N–H and O–H groups in total. The molecule has 0 aromatic carbocycles. The van der Waals surface area contributed by atoms with Crippen LogP contribution in [0.5, 0.6) is 0 Å². The lowest BCUT2D eigenvalue weighted by atomic mass is 9.81. The summed E-state index contributed by atoms with van der Waals surface area (Å²) in [6.07, 6.45) is 5.93. The van der Waals surface area contributed by atoms with Gasteiger partial charge in [0.15, 0.2) is 0 Å². The van der Waals surface area contributed by atoms with Crippen LogP contribution >= 0.6 is 0 Å². The van der Waals surface area contributed by atoms with E-state index in [1.807, 2.05) is 6.92 Å². The Kier molecular flexibility index (Phi) is 5.69. The zero-order chi connectivity index (χ0) is 11.1. The molecule has 1 fully saturated rings. The van der Waals surface area contributed by atoms with Crippen LogP contribution in [0, 0.1) is 5.92 Å². The molecule has 1 saturated carbocycles. The van der Waals surface area contributed by atoms with E-state index in [9.17, 15) is 4.79 Å². The van der Waals surface area contributed by atoms with Crippen LogP contribution in [0.1, 0.15) is 46.0 Å². The standard InChI is InChI=1S/C12H23NO2/c1-3-15-12(14)7-8-13-10(2)9-11-5-4-6-11/h10-11,13H,3-9H2,1-2H3. The first kappa shape index (κ1) is 12.5. The zero-order valence-electron chi connectivity index (χ0n) is 9.92. The van der Waals surface area contributed by atoms with Gasteiger partial charge >= 0.3 is 5.97 Å². The van der Waals surface area contributed by atoms with Gasteiger partial charge in [-0.1, -0.05) is 19.3 Å². The number of carbonyl (C=O) groups excluding carboxylic acids is 1.